The molecule has 1 aliphatic heterocycles. The maximum atomic E-state index is 12.4. The zero-order chi connectivity index (χ0) is 14.0. The van der Waals surface area contributed by atoms with Gasteiger partial charge < -0.3 is 14.7 Å². The summed E-state index contributed by atoms with van der Waals surface area (Å²) in [5.74, 6) is 0.907. The number of hydrogen-bond acceptors (Lipinski definition) is 3. The summed E-state index contributed by atoms with van der Waals surface area (Å²) < 4.78 is 5.90. The van der Waals surface area contributed by atoms with Crippen LogP contribution in [0.4, 0.5) is 0 Å². The van der Waals surface area contributed by atoms with Gasteiger partial charge in [-0.25, -0.2) is 0 Å². The van der Waals surface area contributed by atoms with Crippen LogP contribution < -0.4 is 4.74 Å². The summed E-state index contributed by atoms with van der Waals surface area (Å²) in [5.41, 5.74) is 0.606. The predicted molar refractivity (Wildman–Crippen MR) is 76.4 cm³/mol. The Labute approximate surface area is 121 Å². The second kappa shape index (κ2) is 5.92. The Balaban J connectivity index is 2.13. The number of ether oxygens (including phenoxy) is 1. The van der Waals surface area contributed by atoms with Gasteiger partial charge >= 0.3 is 0 Å². The first-order valence-corrected chi connectivity index (χ1v) is 7.13. The normalized spacial score (nSPS) is 23.3. The molecule has 1 aromatic carbocycles. The number of carbonyl (C=O) groups excluding carboxylic acids is 1. The van der Waals surface area contributed by atoms with Crippen molar-refractivity contribution in [1.29, 1.82) is 0 Å². The van der Waals surface area contributed by atoms with Crippen LogP contribution in [0, 0.1) is 5.92 Å². The lowest BCUT2D eigenvalue weighted by Gasteiger charge is -2.34. The lowest BCUT2D eigenvalue weighted by atomic mass is 9.95. The Kier molecular flexibility index (Phi) is 4.47. The Morgan fingerprint density at radius 2 is 2.26 bits per heavy atom. The lowest BCUT2D eigenvalue weighted by molar-refractivity contribution is 0.0248. The quantitative estimate of drug-likeness (QED) is 0.906. The Hall–Kier alpha value is -1.07. The first kappa shape index (κ1) is 14.3. The molecule has 5 heteroatoms. The van der Waals surface area contributed by atoms with Gasteiger partial charge in [0.15, 0.2) is 0 Å². The van der Waals surface area contributed by atoms with Gasteiger partial charge in [0.2, 0.25) is 0 Å². The monoisotopic (exact) mass is 327 g/mol. The zero-order valence-electron chi connectivity index (χ0n) is 11.1. The third-order valence-electron chi connectivity index (χ3n) is 3.60. The van der Waals surface area contributed by atoms with E-state index in [1.807, 2.05) is 6.92 Å². The number of carbonyl (C=O) groups is 1. The lowest BCUT2D eigenvalue weighted by Crippen LogP contribution is -2.45. The van der Waals surface area contributed by atoms with E-state index in [4.69, 9.17) is 4.74 Å². The van der Waals surface area contributed by atoms with E-state index in [1.54, 1.807) is 30.2 Å². The number of likely N-dealkylation sites (tertiary alicyclic amines) is 1. The van der Waals surface area contributed by atoms with Gasteiger partial charge in [0.05, 0.1) is 17.7 Å². The molecule has 2 rings (SSSR count). The second-order valence-electron chi connectivity index (χ2n) is 4.93. The number of hydrogen-bond donors (Lipinski definition) is 1. The van der Waals surface area contributed by atoms with E-state index < -0.39 is 6.10 Å². The smallest absolute Gasteiger partial charge is 0.253 e. The predicted octanol–water partition coefficient (Wildman–Crippen LogP) is 2.30. The van der Waals surface area contributed by atoms with Crippen molar-refractivity contribution in [2.45, 2.75) is 19.4 Å². The minimum absolute atomic E-state index is 0.0469. The molecule has 0 aromatic heterocycles. The van der Waals surface area contributed by atoms with Crippen molar-refractivity contribution < 1.29 is 14.6 Å². The van der Waals surface area contributed by atoms with E-state index in [9.17, 15) is 9.90 Å². The van der Waals surface area contributed by atoms with Crippen LogP contribution in [0.3, 0.4) is 0 Å². The van der Waals surface area contributed by atoms with Crippen molar-refractivity contribution >= 4 is 21.8 Å². The first-order chi connectivity index (χ1) is 9.02. The molecule has 2 atom stereocenters. The fourth-order valence-electron chi connectivity index (χ4n) is 2.22. The van der Waals surface area contributed by atoms with E-state index in [0.29, 0.717) is 24.4 Å². The van der Waals surface area contributed by atoms with E-state index in [-0.39, 0.29) is 11.8 Å². The van der Waals surface area contributed by atoms with Crippen molar-refractivity contribution in [3.8, 4) is 5.75 Å². The Bertz CT molecular complexity index is 478. The topological polar surface area (TPSA) is 49.8 Å². The molecule has 0 aliphatic carbocycles. The van der Waals surface area contributed by atoms with Gasteiger partial charge in [0, 0.05) is 18.7 Å². The molecule has 1 aliphatic rings. The number of nitrogens with zero attached hydrogens (tertiary/aromatic N) is 1. The summed E-state index contributed by atoms with van der Waals surface area (Å²) in [6, 6.07) is 5.27. The van der Waals surface area contributed by atoms with Gasteiger partial charge in [0.25, 0.3) is 5.91 Å². The van der Waals surface area contributed by atoms with Crippen LogP contribution in [0.2, 0.25) is 0 Å². The molecular weight excluding hydrogens is 310 g/mol. The molecule has 1 saturated heterocycles. The third kappa shape index (κ3) is 3.09. The highest BCUT2D eigenvalue weighted by Crippen LogP contribution is 2.27. The molecule has 2 unspecified atom stereocenters. The van der Waals surface area contributed by atoms with Gasteiger partial charge in [-0.1, -0.05) is 6.92 Å². The molecule has 1 aromatic rings. The number of piperidine rings is 1. The fraction of sp³-hybridized carbons (Fsp3) is 0.500. The molecule has 104 valence electrons. The number of amides is 1. The second-order valence-corrected chi connectivity index (χ2v) is 5.79. The third-order valence-corrected chi connectivity index (χ3v) is 4.22. The van der Waals surface area contributed by atoms with Crippen molar-refractivity contribution in [3.63, 3.8) is 0 Å². The van der Waals surface area contributed by atoms with Crippen LogP contribution in [0.5, 0.6) is 5.75 Å². The number of halogens is 1. The highest BCUT2D eigenvalue weighted by molar-refractivity contribution is 9.10. The van der Waals surface area contributed by atoms with Gasteiger partial charge in [-0.05, 0) is 46.5 Å². The maximum absolute atomic E-state index is 12.4. The minimum Gasteiger partial charge on any atom is -0.496 e. The van der Waals surface area contributed by atoms with Gasteiger partial charge in [-0.2, -0.15) is 0 Å². The van der Waals surface area contributed by atoms with E-state index >= 15 is 0 Å². The summed E-state index contributed by atoms with van der Waals surface area (Å²) >= 11 is 3.38. The van der Waals surface area contributed by atoms with E-state index in [0.717, 1.165) is 10.9 Å². The molecule has 19 heavy (non-hydrogen) atoms. The maximum Gasteiger partial charge on any atom is 0.253 e. The number of β-amino-alcohol motifs (C(OH)–C–C–N with tert-alkyl or cyclic N) is 1. The van der Waals surface area contributed by atoms with Crippen LogP contribution in [0.15, 0.2) is 22.7 Å². The van der Waals surface area contributed by atoms with Gasteiger partial charge in [-0.3, -0.25) is 4.79 Å². The van der Waals surface area contributed by atoms with Crippen LogP contribution in [-0.4, -0.2) is 42.2 Å². The number of rotatable bonds is 2. The molecule has 0 saturated carbocycles. The van der Waals surface area contributed by atoms with Gasteiger partial charge in [0.1, 0.15) is 5.75 Å². The number of aliphatic hydroxyl groups is 1. The summed E-state index contributed by atoms with van der Waals surface area (Å²) in [5, 5.41) is 9.86. The largest absolute Gasteiger partial charge is 0.496 e. The van der Waals surface area contributed by atoms with Crippen LogP contribution in [-0.2, 0) is 0 Å². The number of aliphatic hydroxyl groups excluding tert-OH is 1. The van der Waals surface area contributed by atoms with Crippen LogP contribution in [0.1, 0.15) is 23.7 Å². The molecule has 0 spiro atoms. The van der Waals surface area contributed by atoms with Gasteiger partial charge in [-0.15, -0.1) is 0 Å². The molecule has 4 nitrogen and oxygen atoms in total. The van der Waals surface area contributed by atoms with Crippen molar-refractivity contribution in [3.05, 3.63) is 28.2 Å². The molecule has 1 N–H and O–H groups in total. The molecule has 1 heterocycles. The number of methoxy groups -OCH3 is 1. The highest BCUT2D eigenvalue weighted by atomic mass is 79.9. The molecule has 1 amide bonds. The number of benzene rings is 1. The van der Waals surface area contributed by atoms with E-state index in [2.05, 4.69) is 15.9 Å². The SMILES string of the molecule is COc1ccc(C(=O)N2CCC(C)C(O)C2)cc1Br. The van der Waals surface area contributed by atoms with Crippen LogP contribution >= 0.6 is 15.9 Å². The minimum atomic E-state index is -0.431. The Morgan fingerprint density at radius 3 is 2.84 bits per heavy atom. The average molecular weight is 328 g/mol. The molecule has 1 fully saturated rings. The summed E-state index contributed by atoms with van der Waals surface area (Å²) in [6.07, 6.45) is 0.406. The summed E-state index contributed by atoms with van der Waals surface area (Å²) in [7, 11) is 1.59. The average Bonchev–Trinajstić information content (AvgIpc) is 2.41. The molecule has 0 radical (unpaired) electrons. The first-order valence-electron chi connectivity index (χ1n) is 6.33. The standard InChI is InChI=1S/C14H18BrNO3/c1-9-5-6-16(8-12(9)17)14(18)10-3-4-13(19-2)11(15)7-10/h3-4,7,9,12,17H,5-6,8H2,1-2H3. The van der Waals surface area contributed by atoms with Crippen LogP contribution in [0.25, 0.3) is 0 Å². The molecule has 0 bridgehead atoms. The van der Waals surface area contributed by atoms with Crippen molar-refractivity contribution in [1.82, 2.24) is 4.90 Å². The van der Waals surface area contributed by atoms with E-state index in [1.165, 1.54) is 0 Å². The highest BCUT2D eigenvalue weighted by Gasteiger charge is 2.28. The fourth-order valence-corrected chi connectivity index (χ4v) is 2.76. The molecular formula is C14H18BrNO3. The van der Waals surface area contributed by atoms with Crippen molar-refractivity contribution in [2.24, 2.45) is 5.92 Å². The van der Waals surface area contributed by atoms with Crippen molar-refractivity contribution in [2.75, 3.05) is 20.2 Å². The zero-order valence-corrected chi connectivity index (χ0v) is 12.7. The summed E-state index contributed by atoms with van der Waals surface area (Å²) in [4.78, 5) is 14.1. The Morgan fingerprint density at radius 1 is 1.53 bits per heavy atom. The summed E-state index contributed by atoms with van der Waals surface area (Å²) in [6.45, 7) is 3.11.